The summed E-state index contributed by atoms with van der Waals surface area (Å²) in [7, 11) is 0. The van der Waals surface area contributed by atoms with E-state index < -0.39 is 6.03 Å². The summed E-state index contributed by atoms with van der Waals surface area (Å²) < 4.78 is 6.10. The summed E-state index contributed by atoms with van der Waals surface area (Å²) in [4.78, 5) is 21.3. The van der Waals surface area contributed by atoms with Crippen molar-refractivity contribution in [2.24, 2.45) is 0 Å². The van der Waals surface area contributed by atoms with Crippen LogP contribution in [0.5, 0.6) is 11.6 Å². The van der Waals surface area contributed by atoms with Crippen LogP contribution in [0.15, 0.2) is 48.0 Å². The summed E-state index contributed by atoms with van der Waals surface area (Å²) in [6, 6.07) is 11.0. The van der Waals surface area contributed by atoms with E-state index in [4.69, 9.17) is 4.74 Å². The Balaban J connectivity index is 1.76. The molecule has 2 aromatic heterocycles. The average Bonchev–Trinajstić information content (AvgIpc) is 3.12. The molecular weight excluding hydrogens is 396 g/mol. The van der Waals surface area contributed by atoms with E-state index in [1.54, 1.807) is 18.3 Å². The van der Waals surface area contributed by atoms with Gasteiger partial charge in [-0.05, 0) is 23.6 Å². The van der Waals surface area contributed by atoms with Crippen molar-refractivity contribution in [3.63, 3.8) is 0 Å². The van der Waals surface area contributed by atoms with E-state index in [9.17, 15) is 4.79 Å². The van der Waals surface area contributed by atoms with Crippen molar-refractivity contribution >= 4 is 28.2 Å². The van der Waals surface area contributed by atoms with Gasteiger partial charge in [-0.3, -0.25) is 5.32 Å². The maximum Gasteiger partial charge on any atom is 0.325 e. The minimum atomic E-state index is -0.397. The number of anilines is 2. The molecule has 6 nitrogen and oxygen atoms in total. The van der Waals surface area contributed by atoms with Crippen molar-refractivity contribution in [1.82, 2.24) is 9.97 Å². The molecule has 0 saturated heterocycles. The second kappa shape index (κ2) is 8.44. The van der Waals surface area contributed by atoms with Gasteiger partial charge in [0, 0.05) is 22.6 Å². The zero-order valence-corrected chi connectivity index (χ0v) is 19.1. The predicted octanol–water partition coefficient (Wildman–Crippen LogP) is 6.57. The Bertz CT molecular complexity index is 1030. The highest BCUT2D eigenvalue weighted by Gasteiger charge is 2.21. The normalized spacial score (nSPS) is 11.8. The molecule has 3 aromatic rings. The number of amides is 2. The van der Waals surface area contributed by atoms with Gasteiger partial charge < -0.3 is 10.1 Å². The van der Waals surface area contributed by atoms with Gasteiger partial charge >= 0.3 is 6.03 Å². The minimum Gasteiger partial charge on any atom is -0.437 e. The summed E-state index contributed by atoms with van der Waals surface area (Å²) in [6.45, 7) is 12.6. The lowest BCUT2D eigenvalue weighted by Gasteiger charge is -2.22. The van der Waals surface area contributed by atoms with E-state index in [1.165, 1.54) is 11.3 Å². The molecule has 158 valence electrons. The first kappa shape index (κ1) is 21.8. The zero-order chi connectivity index (χ0) is 21.9. The number of ether oxygens (including phenoxy) is 1. The molecule has 0 fully saturated rings. The molecule has 7 heteroatoms. The number of nitrogens with zero attached hydrogens (tertiary/aromatic N) is 2. The fraction of sp³-hybridized carbons (Fsp3) is 0.348. The van der Waals surface area contributed by atoms with Gasteiger partial charge in [0.15, 0.2) is 5.13 Å². The van der Waals surface area contributed by atoms with Crippen LogP contribution in [0.25, 0.3) is 0 Å². The van der Waals surface area contributed by atoms with Crippen LogP contribution in [0.1, 0.15) is 52.8 Å². The van der Waals surface area contributed by atoms with E-state index in [1.807, 2.05) is 29.6 Å². The Morgan fingerprint density at radius 2 is 1.70 bits per heavy atom. The van der Waals surface area contributed by atoms with Crippen LogP contribution in [0.2, 0.25) is 0 Å². The monoisotopic (exact) mass is 424 g/mol. The van der Waals surface area contributed by atoms with Crippen molar-refractivity contribution in [1.29, 1.82) is 0 Å². The molecule has 1 aromatic carbocycles. The van der Waals surface area contributed by atoms with Crippen molar-refractivity contribution < 1.29 is 9.53 Å². The molecule has 0 spiro atoms. The highest BCUT2D eigenvalue weighted by molar-refractivity contribution is 7.14. The largest absolute Gasteiger partial charge is 0.437 e. The molecule has 2 amide bonds. The summed E-state index contributed by atoms with van der Waals surface area (Å²) in [5.41, 5.74) is 2.31. The SMILES string of the molecule is CC(C)(C)c1csc(NC(=O)Nc2cccnc2Oc2ccccc2C(C)(C)C)n1. The van der Waals surface area contributed by atoms with Crippen LogP contribution in [-0.2, 0) is 10.8 Å². The number of urea groups is 1. The van der Waals surface area contributed by atoms with E-state index in [0.29, 0.717) is 22.4 Å². The lowest BCUT2D eigenvalue weighted by atomic mass is 9.86. The van der Waals surface area contributed by atoms with Crippen LogP contribution in [0.3, 0.4) is 0 Å². The Labute approximate surface area is 181 Å². The third kappa shape index (κ3) is 5.36. The highest BCUT2D eigenvalue weighted by atomic mass is 32.1. The molecule has 0 bridgehead atoms. The summed E-state index contributed by atoms with van der Waals surface area (Å²) >= 11 is 1.40. The van der Waals surface area contributed by atoms with E-state index in [-0.39, 0.29) is 10.8 Å². The number of rotatable bonds is 4. The number of hydrogen-bond donors (Lipinski definition) is 2. The molecule has 0 aliphatic heterocycles. The second-order valence-electron chi connectivity index (χ2n) is 9.07. The van der Waals surface area contributed by atoms with E-state index >= 15 is 0 Å². The molecule has 3 rings (SSSR count). The topological polar surface area (TPSA) is 76.1 Å². The Morgan fingerprint density at radius 3 is 2.37 bits per heavy atom. The molecular formula is C23H28N4O2S. The van der Waals surface area contributed by atoms with E-state index in [2.05, 4.69) is 62.1 Å². The molecule has 2 N–H and O–H groups in total. The van der Waals surface area contributed by atoms with Gasteiger partial charge in [-0.2, -0.15) is 0 Å². The van der Waals surface area contributed by atoms with Crippen LogP contribution in [-0.4, -0.2) is 16.0 Å². The van der Waals surface area contributed by atoms with E-state index in [0.717, 1.165) is 11.3 Å². The number of para-hydroxylation sites is 1. The van der Waals surface area contributed by atoms with Crippen molar-refractivity contribution in [3.8, 4) is 11.6 Å². The van der Waals surface area contributed by atoms with Crippen molar-refractivity contribution in [3.05, 3.63) is 59.2 Å². The van der Waals surface area contributed by atoms with Crippen molar-refractivity contribution in [2.45, 2.75) is 52.4 Å². The predicted molar refractivity (Wildman–Crippen MR) is 123 cm³/mol. The van der Waals surface area contributed by atoms with Gasteiger partial charge in [0.25, 0.3) is 0 Å². The highest BCUT2D eigenvalue weighted by Crippen LogP contribution is 2.35. The van der Waals surface area contributed by atoms with Crippen LogP contribution in [0, 0.1) is 0 Å². The van der Waals surface area contributed by atoms with Gasteiger partial charge in [0.05, 0.1) is 5.69 Å². The van der Waals surface area contributed by atoms with Crippen molar-refractivity contribution in [2.75, 3.05) is 10.6 Å². The Hall–Kier alpha value is -2.93. The summed E-state index contributed by atoms with van der Waals surface area (Å²) in [6.07, 6.45) is 1.63. The quantitative estimate of drug-likeness (QED) is 0.497. The third-order valence-electron chi connectivity index (χ3n) is 4.41. The lowest BCUT2D eigenvalue weighted by Crippen LogP contribution is -2.20. The van der Waals surface area contributed by atoms with Gasteiger partial charge in [-0.25, -0.2) is 14.8 Å². The van der Waals surface area contributed by atoms with Gasteiger partial charge in [-0.15, -0.1) is 11.3 Å². The first-order chi connectivity index (χ1) is 14.0. The average molecular weight is 425 g/mol. The Kier molecular flexibility index (Phi) is 6.12. The lowest BCUT2D eigenvalue weighted by molar-refractivity contribution is 0.262. The number of hydrogen-bond acceptors (Lipinski definition) is 5. The maximum atomic E-state index is 12.5. The number of thiazole rings is 1. The number of carbonyl (C=O) groups excluding carboxylic acids is 1. The van der Waals surface area contributed by atoms with Gasteiger partial charge in [0.1, 0.15) is 11.4 Å². The molecule has 0 aliphatic carbocycles. The fourth-order valence-electron chi connectivity index (χ4n) is 2.77. The van der Waals surface area contributed by atoms with Gasteiger partial charge in [0.2, 0.25) is 5.88 Å². The van der Waals surface area contributed by atoms with Gasteiger partial charge in [-0.1, -0.05) is 59.7 Å². The number of nitrogens with one attached hydrogen (secondary N) is 2. The summed E-state index contributed by atoms with van der Waals surface area (Å²) in [5.74, 6) is 1.04. The molecule has 0 unspecified atom stereocenters. The standard InChI is InChI=1S/C23H28N4O2S/c1-22(2,3)15-10-7-8-12-17(15)29-19-16(11-9-13-24-19)25-20(28)27-21-26-18(14-30-21)23(4,5)6/h7-14H,1-6H3,(H2,25,26,27,28). The fourth-order valence-corrected chi connectivity index (χ4v) is 3.71. The zero-order valence-electron chi connectivity index (χ0n) is 18.2. The summed E-state index contributed by atoms with van der Waals surface area (Å²) in [5, 5.41) is 8.10. The molecule has 2 heterocycles. The Morgan fingerprint density at radius 1 is 0.967 bits per heavy atom. The number of carbonyl (C=O) groups is 1. The first-order valence-corrected chi connectivity index (χ1v) is 10.7. The molecule has 30 heavy (non-hydrogen) atoms. The second-order valence-corrected chi connectivity index (χ2v) is 9.93. The van der Waals surface area contributed by atoms with Crippen LogP contribution < -0.4 is 15.4 Å². The first-order valence-electron chi connectivity index (χ1n) is 9.80. The smallest absolute Gasteiger partial charge is 0.325 e. The minimum absolute atomic E-state index is 0.0717. The molecule has 0 aliphatic rings. The third-order valence-corrected chi connectivity index (χ3v) is 5.17. The molecule has 0 atom stereocenters. The molecule has 0 saturated carbocycles. The number of benzene rings is 1. The number of aromatic nitrogens is 2. The van der Waals surface area contributed by atoms with Crippen LogP contribution >= 0.6 is 11.3 Å². The maximum absolute atomic E-state index is 12.5. The van der Waals surface area contributed by atoms with Crippen LogP contribution in [0.4, 0.5) is 15.6 Å². The number of pyridine rings is 1. The molecule has 0 radical (unpaired) electrons.